The summed E-state index contributed by atoms with van der Waals surface area (Å²) in [6.45, 7) is 10.0. The molecule has 2 nitrogen and oxygen atoms in total. The molecule has 2 heteroatoms. The Labute approximate surface area is 81.6 Å². The molecule has 0 unspecified atom stereocenters. The normalized spacial score (nSPS) is 7.54. The van der Waals surface area contributed by atoms with Gasteiger partial charge in [-0.15, -0.1) is 0 Å². The molecule has 0 radical (unpaired) electrons. The van der Waals surface area contributed by atoms with Crippen LogP contribution < -0.4 is 0 Å². The van der Waals surface area contributed by atoms with Crippen LogP contribution in [0.15, 0.2) is 18.3 Å². The van der Waals surface area contributed by atoms with Gasteiger partial charge in [-0.2, -0.15) is 0 Å². The van der Waals surface area contributed by atoms with Crippen LogP contribution in [0.2, 0.25) is 0 Å². The molecule has 0 fully saturated rings. The monoisotopic (exact) mass is 183 g/mol. The zero-order valence-corrected chi connectivity index (χ0v) is 9.33. The van der Waals surface area contributed by atoms with Gasteiger partial charge in [-0.25, -0.2) is 0 Å². The van der Waals surface area contributed by atoms with Gasteiger partial charge in [0.25, 0.3) is 0 Å². The van der Waals surface area contributed by atoms with E-state index >= 15 is 0 Å². The molecular formula is C11H21NO. The Morgan fingerprint density at radius 1 is 1.23 bits per heavy atom. The van der Waals surface area contributed by atoms with Gasteiger partial charge >= 0.3 is 0 Å². The summed E-state index contributed by atoms with van der Waals surface area (Å²) in [7, 11) is 0. The smallest absolute Gasteiger partial charge is 0.0853 e. The van der Waals surface area contributed by atoms with Crippen LogP contribution in [0.5, 0.6) is 0 Å². The second kappa shape index (κ2) is 11.1. The Hall–Kier alpha value is -0.890. The van der Waals surface area contributed by atoms with Gasteiger partial charge in [-0.05, 0) is 24.6 Å². The predicted octanol–water partition coefficient (Wildman–Crippen LogP) is 2.93. The van der Waals surface area contributed by atoms with E-state index in [-0.39, 0.29) is 6.61 Å². The van der Waals surface area contributed by atoms with Gasteiger partial charge in [0, 0.05) is 6.20 Å². The lowest BCUT2D eigenvalue weighted by Gasteiger charge is -1.93. The number of rotatable bonds is 1. The third-order valence-electron chi connectivity index (χ3n) is 1.13. The average Bonchev–Trinajstić information content (AvgIpc) is 2.24. The van der Waals surface area contributed by atoms with E-state index in [1.54, 1.807) is 6.20 Å². The summed E-state index contributed by atoms with van der Waals surface area (Å²) >= 11 is 0. The highest BCUT2D eigenvalue weighted by Gasteiger charge is 1.88. The highest BCUT2D eigenvalue weighted by Crippen LogP contribution is 1.98. The summed E-state index contributed by atoms with van der Waals surface area (Å²) in [5.41, 5.74) is 1.86. The third kappa shape index (κ3) is 7.47. The van der Waals surface area contributed by atoms with Crippen molar-refractivity contribution < 1.29 is 5.11 Å². The lowest BCUT2D eigenvalue weighted by molar-refractivity contribution is 0.277. The first kappa shape index (κ1) is 14.6. The summed E-state index contributed by atoms with van der Waals surface area (Å²) in [6, 6.07) is 3.76. The van der Waals surface area contributed by atoms with E-state index in [4.69, 9.17) is 5.11 Å². The zero-order chi connectivity index (χ0) is 10.7. The van der Waals surface area contributed by atoms with Crippen LogP contribution in [0, 0.1) is 6.92 Å². The molecule has 1 rings (SSSR count). The molecule has 0 aliphatic carbocycles. The molecule has 0 aliphatic heterocycles. The summed E-state index contributed by atoms with van der Waals surface area (Å²) in [5.74, 6) is 0. The molecule has 0 saturated carbocycles. The first-order valence-electron chi connectivity index (χ1n) is 4.85. The molecule has 0 saturated heterocycles. The first-order chi connectivity index (χ1) is 6.33. The number of hydrogen-bond acceptors (Lipinski definition) is 2. The van der Waals surface area contributed by atoms with Crippen LogP contribution in [0.25, 0.3) is 0 Å². The van der Waals surface area contributed by atoms with Gasteiger partial charge in [-0.3, -0.25) is 4.98 Å². The van der Waals surface area contributed by atoms with Gasteiger partial charge in [-0.1, -0.05) is 27.7 Å². The fraction of sp³-hybridized carbons (Fsp3) is 0.545. The molecule has 1 heterocycles. The van der Waals surface area contributed by atoms with Crippen molar-refractivity contribution >= 4 is 0 Å². The minimum atomic E-state index is 0.0294. The van der Waals surface area contributed by atoms with Crippen molar-refractivity contribution in [2.75, 3.05) is 0 Å². The SMILES string of the molecule is CC.CC.Cc1ccnc(CO)c1. The largest absolute Gasteiger partial charge is 0.390 e. The Balaban J connectivity index is 0. The lowest BCUT2D eigenvalue weighted by Crippen LogP contribution is -1.87. The fourth-order valence-electron chi connectivity index (χ4n) is 0.685. The molecule has 0 aliphatic rings. The van der Waals surface area contributed by atoms with Gasteiger partial charge in [0.1, 0.15) is 0 Å². The van der Waals surface area contributed by atoms with Gasteiger partial charge in [0.2, 0.25) is 0 Å². The van der Waals surface area contributed by atoms with E-state index < -0.39 is 0 Å². The van der Waals surface area contributed by atoms with Crippen LogP contribution in [0.1, 0.15) is 39.0 Å². The van der Waals surface area contributed by atoms with Crippen molar-refractivity contribution in [3.8, 4) is 0 Å². The Kier molecular flexibility index (Phi) is 12.5. The maximum Gasteiger partial charge on any atom is 0.0853 e. The van der Waals surface area contributed by atoms with E-state index in [0.717, 1.165) is 11.3 Å². The summed E-state index contributed by atoms with van der Waals surface area (Å²) < 4.78 is 0. The predicted molar refractivity (Wildman–Crippen MR) is 57.6 cm³/mol. The molecule has 1 N–H and O–H groups in total. The zero-order valence-electron chi connectivity index (χ0n) is 9.33. The van der Waals surface area contributed by atoms with Crippen LogP contribution in [-0.4, -0.2) is 10.1 Å². The summed E-state index contributed by atoms with van der Waals surface area (Å²) in [4.78, 5) is 3.91. The maximum atomic E-state index is 8.60. The fourth-order valence-corrected chi connectivity index (χ4v) is 0.685. The molecule has 0 spiro atoms. The Morgan fingerprint density at radius 3 is 2.08 bits per heavy atom. The summed E-state index contributed by atoms with van der Waals surface area (Å²) in [6.07, 6.45) is 1.70. The molecule has 0 amide bonds. The summed E-state index contributed by atoms with van der Waals surface area (Å²) in [5, 5.41) is 8.60. The van der Waals surface area contributed by atoms with Crippen molar-refractivity contribution in [2.45, 2.75) is 41.2 Å². The van der Waals surface area contributed by atoms with Crippen LogP contribution in [0.3, 0.4) is 0 Å². The molecule has 1 aromatic rings. The first-order valence-corrected chi connectivity index (χ1v) is 4.85. The molecule has 0 aromatic carbocycles. The number of aliphatic hydroxyl groups is 1. The van der Waals surface area contributed by atoms with E-state index in [1.165, 1.54) is 0 Å². The van der Waals surface area contributed by atoms with Gasteiger partial charge < -0.3 is 5.11 Å². The number of nitrogens with zero attached hydrogens (tertiary/aromatic N) is 1. The number of aliphatic hydroxyl groups excluding tert-OH is 1. The Morgan fingerprint density at radius 2 is 1.77 bits per heavy atom. The van der Waals surface area contributed by atoms with Crippen LogP contribution >= 0.6 is 0 Å². The highest BCUT2D eigenvalue weighted by molar-refractivity contribution is 5.13. The van der Waals surface area contributed by atoms with Crippen molar-refractivity contribution in [1.29, 1.82) is 0 Å². The van der Waals surface area contributed by atoms with Crippen molar-refractivity contribution in [2.24, 2.45) is 0 Å². The van der Waals surface area contributed by atoms with E-state index in [0.29, 0.717) is 0 Å². The molecular weight excluding hydrogens is 162 g/mol. The molecule has 13 heavy (non-hydrogen) atoms. The minimum absolute atomic E-state index is 0.0294. The average molecular weight is 183 g/mol. The molecule has 1 aromatic heterocycles. The topological polar surface area (TPSA) is 33.1 Å². The van der Waals surface area contributed by atoms with Gasteiger partial charge in [0.15, 0.2) is 0 Å². The van der Waals surface area contributed by atoms with Crippen molar-refractivity contribution in [3.05, 3.63) is 29.6 Å². The second-order valence-electron chi connectivity index (χ2n) is 1.98. The van der Waals surface area contributed by atoms with E-state index in [9.17, 15) is 0 Å². The number of hydrogen-bond donors (Lipinski definition) is 1. The maximum absolute atomic E-state index is 8.60. The standard InChI is InChI=1S/C7H9NO.2C2H6/c1-6-2-3-8-7(4-6)5-9;2*1-2/h2-4,9H,5H2,1H3;2*1-2H3. The highest BCUT2D eigenvalue weighted by atomic mass is 16.3. The quantitative estimate of drug-likeness (QED) is 0.726. The van der Waals surface area contributed by atoms with Gasteiger partial charge in [0.05, 0.1) is 12.3 Å². The number of aryl methyl sites for hydroxylation is 1. The van der Waals surface area contributed by atoms with Crippen LogP contribution in [-0.2, 0) is 6.61 Å². The minimum Gasteiger partial charge on any atom is -0.390 e. The lowest BCUT2D eigenvalue weighted by atomic mass is 10.2. The number of pyridine rings is 1. The number of aromatic nitrogens is 1. The van der Waals surface area contributed by atoms with E-state index in [1.807, 2.05) is 46.8 Å². The van der Waals surface area contributed by atoms with Crippen molar-refractivity contribution in [1.82, 2.24) is 4.98 Å². The third-order valence-corrected chi connectivity index (χ3v) is 1.13. The molecule has 0 bridgehead atoms. The van der Waals surface area contributed by atoms with Crippen LogP contribution in [0.4, 0.5) is 0 Å². The van der Waals surface area contributed by atoms with Crippen molar-refractivity contribution in [3.63, 3.8) is 0 Å². The molecule has 76 valence electrons. The van der Waals surface area contributed by atoms with E-state index in [2.05, 4.69) is 4.98 Å². The molecule has 0 atom stereocenters. The Bertz CT molecular complexity index is 199. The second-order valence-corrected chi connectivity index (χ2v) is 1.98.